The molecule has 4 heterocycles. The van der Waals surface area contributed by atoms with Gasteiger partial charge in [0, 0.05) is 38.2 Å². The Morgan fingerprint density at radius 1 is 0.891 bits per heavy atom. The van der Waals surface area contributed by atoms with E-state index in [1.54, 1.807) is 0 Å². The van der Waals surface area contributed by atoms with Crippen molar-refractivity contribution < 1.29 is 24.5 Å². The second kappa shape index (κ2) is 12.8. The van der Waals surface area contributed by atoms with Gasteiger partial charge in [-0.25, -0.2) is 0 Å². The van der Waals surface area contributed by atoms with Gasteiger partial charge in [-0.05, 0) is 52.8 Å². The molecule has 0 N–H and O–H groups in total. The van der Waals surface area contributed by atoms with Crippen molar-refractivity contribution >= 4 is 39.0 Å². The summed E-state index contributed by atoms with van der Waals surface area (Å²) >= 11 is 0. The Balaban J connectivity index is 0.000000159. The second-order valence-corrected chi connectivity index (χ2v) is 13.4. The molecule has 7 aromatic rings. The van der Waals surface area contributed by atoms with Gasteiger partial charge in [-0.2, -0.15) is 0 Å². The van der Waals surface area contributed by atoms with E-state index < -0.39 is 0 Å². The van der Waals surface area contributed by atoms with Crippen LogP contribution in [-0.4, -0.2) is 14.5 Å². The monoisotopic (exact) mass is 780 g/mol. The minimum Gasteiger partial charge on any atom is -0.501 e. The first-order valence-corrected chi connectivity index (χ1v) is 15.7. The Bertz CT molecular complexity index is 2180. The Morgan fingerprint density at radius 3 is 2.50 bits per heavy atom. The molecule has 0 saturated heterocycles. The minimum absolute atomic E-state index is 0. The molecule has 0 fully saturated rings. The molecule has 233 valence electrons. The topological polar surface area (TPSA) is 43.9 Å². The first kappa shape index (κ1) is 31.7. The number of fused-ring (bicyclic) bond motifs is 3. The van der Waals surface area contributed by atoms with Crippen molar-refractivity contribution in [3.8, 4) is 22.6 Å². The maximum absolute atomic E-state index is 6.11. The summed E-state index contributed by atoms with van der Waals surface area (Å²) in [6.45, 7) is 12.2. The number of allylic oxidation sites excluding steroid dienone is 1. The predicted molar refractivity (Wildman–Crippen MR) is 186 cm³/mol. The fraction of sp³-hybridized carbons (Fsp3) is 0.220. The maximum atomic E-state index is 6.11. The first-order valence-electron chi connectivity index (χ1n) is 15.7. The molecule has 0 saturated carbocycles. The molecule has 1 radical (unpaired) electrons. The van der Waals surface area contributed by atoms with Crippen LogP contribution < -0.4 is 0 Å². The maximum Gasteiger partial charge on any atom is 0.120 e. The zero-order chi connectivity index (χ0) is 31.1. The molecule has 1 aliphatic rings. The van der Waals surface area contributed by atoms with Gasteiger partial charge >= 0.3 is 0 Å². The van der Waals surface area contributed by atoms with Crippen LogP contribution in [0, 0.1) is 23.5 Å². The smallest absolute Gasteiger partial charge is 0.120 e. The third-order valence-corrected chi connectivity index (χ3v) is 8.32. The van der Waals surface area contributed by atoms with Crippen LogP contribution in [0.3, 0.4) is 0 Å². The molecule has 4 aromatic carbocycles. The van der Waals surface area contributed by atoms with Crippen molar-refractivity contribution in [1.29, 1.82) is 0 Å². The largest absolute Gasteiger partial charge is 0.501 e. The van der Waals surface area contributed by atoms with Gasteiger partial charge in [0.2, 0.25) is 0 Å². The molecule has 0 aliphatic carbocycles. The van der Waals surface area contributed by atoms with Gasteiger partial charge in [-0.1, -0.05) is 93.6 Å². The molecule has 3 aromatic heterocycles. The van der Waals surface area contributed by atoms with E-state index in [4.69, 9.17) is 9.40 Å². The van der Waals surface area contributed by atoms with Crippen LogP contribution in [-0.2, 0) is 33.1 Å². The zero-order valence-corrected chi connectivity index (χ0v) is 29.3. The van der Waals surface area contributed by atoms with Gasteiger partial charge in [0.15, 0.2) is 0 Å². The third kappa shape index (κ3) is 6.23. The van der Waals surface area contributed by atoms with Crippen LogP contribution in [0.4, 0.5) is 0 Å². The van der Waals surface area contributed by atoms with Gasteiger partial charge in [0.1, 0.15) is 5.58 Å². The van der Waals surface area contributed by atoms with Crippen molar-refractivity contribution in [3.63, 3.8) is 0 Å². The number of hydrogen-bond acceptors (Lipinski definition) is 3. The van der Waals surface area contributed by atoms with E-state index in [1.165, 1.54) is 22.2 Å². The summed E-state index contributed by atoms with van der Waals surface area (Å²) in [6, 6.07) is 37.4. The van der Waals surface area contributed by atoms with Crippen molar-refractivity contribution in [2.45, 2.75) is 47.6 Å². The van der Waals surface area contributed by atoms with E-state index in [-0.39, 0.29) is 25.5 Å². The number of rotatable bonds is 4. The van der Waals surface area contributed by atoms with E-state index >= 15 is 0 Å². The first-order chi connectivity index (χ1) is 21.7. The van der Waals surface area contributed by atoms with Crippen molar-refractivity contribution in [2.24, 2.45) is 11.3 Å². The second-order valence-electron chi connectivity index (χ2n) is 13.4. The number of pyridine rings is 1. The minimum atomic E-state index is 0. The van der Waals surface area contributed by atoms with Gasteiger partial charge in [-0.3, -0.25) is 4.98 Å². The molecule has 0 spiro atoms. The van der Waals surface area contributed by atoms with E-state index in [1.807, 2.05) is 48.7 Å². The van der Waals surface area contributed by atoms with E-state index in [0.29, 0.717) is 5.92 Å². The normalized spacial score (nSPS) is 12.6. The Hall–Kier alpha value is -4.31. The zero-order valence-electron chi connectivity index (χ0n) is 26.9. The number of imidazole rings is 1. The molecule has 0 amide bonds. The molecule has 8 rings (SSSR count). The number of aromatic nitrogens is 3. The standard InChI is InChI=1S/C22H20NO.C19H17N2.Ir/c1-22(2,3)14-15-11-12-23-19(13-15)18-9-6-8-17-16-7-4-5-10-20(16)24-21(17)18;1-13(2)16-11-15-9-6-10-17-18(15)21(12-16)19(20-17)14-7-4-3-5-8-14;/h4-8,10-13H,14H2,1-3H3;3-7,9-11,13H,12H2,1-2H3;/q2*-1;. The van der Waals surface area contributed by atoms with Crippen molar-refractivity contribution in [1.82, 2.24) is 14.5 Å². The molecule has 4 nitrogen and oxygen atoms in total. The third-order valence-electron chi connectivity index (χ3n) is 8.32. The molecule has 0 bridgehead atoms. The van der Waals surface area contributed by atoms with E-state index in [0.717, 1.165) is 63.1 Å². The summed E-state index contributed by atoms with van der Waals surface area (Å²) in [5.74, 6) is 1.56. The summed E-state index contributed by atoms with van der Waals surface area (Å²) in [4.78, 5) is 9.42. The van der Waals surface area contributed by atoms with Crippen molar-refractivity contribution in [2.75, 3.05) is 0 Å². The van der Waals surface area contributed by atoms with Gasteiger partial charge in [-0.15, -0.1) is 54.1 Å². The fourth-order valence-electron chi connectivity index (χ4n) is 6.21. The molecular weight excluding hydrogens is 743 g/mol. The molecule has 5 heteroatoms. The van der Waals surface area contributed by atoms with E-state index in [2.05, 4.69) is 111 Å². The Labute approximate surface area is 284 Å². The number of nitrogens with zero attached hydrogens (tertiary/aromatic N) is 3. The SMILES string of the molecule is CC(C)(C)Cc1ccnc(-c2[c-]ccc3c2oc2ccccc23)c1.CC(C)C1=Cc2cccc3nc(-c4[c-]cccc4)n(c23)C1.[Ir]. The predicted octanol–water partition coefficient (Wildman–Crippen LogP) is 10.6. The molecule has 0 atom stereocenters. The Kier molecular flexibility index (Phi) is 8.83. The average Bonchev–Trinajstić information content (AvgIpc) is 3.61. The molecule has 1 aliphatic heterocycles. The summed E-state index contributed by atoms with van der Waals surface area (Å²) in [7, 11) is 0. The summed E-state index contributed by atoms with van der Waals surface area (Å²) < 4.78 is 8.45. The number of benzene rings is 4. The fourth-order valence-corrected chi connectivity index (χ4v) is 6.21. The van der Waals surface area contributed by atoms with E-state index in [9.17, 15) is 0 Å². The van der Waals surface area contributed by atoms with Crippen LogP contribution >= 0.6 is 0 Å². The Morgan fingerprint density at radius 2 is 1.72 bits per heavy atom. The van der Waals surface area contributed by atoms with Crippen molar-refractivity contribution in [3.05, 3.63) is 126 Å². The number of para-hydroxylation sites is 2. The number of hydrogen-bond donors (Lipinski definition) is 0. The van der Waals surface area contributed by atoms with Crippen LogP contribution in [0.15, 0.2) is 107 Å². The number of furan rings is 1. The summed E-state index contributed by atoms with van der Waals surface area (Å²) in [5.41, 5.74) is 11.2. The van der Waals surface area contributed by atoms with Gasteiger partial charge in [0.25, 0.3) is 0 Å². The quantitative estimate of drug-likeness (QED) is 0.167. The van der Waals surface area contributed by atoms with Crippen LogP contribution in [0.2, 0.25) is 0 Å². The summed E-state index contributed by atoms with van der Waals surface area (Å²) in [5, 5.41) is 2.25. The van der Waals surface area contributed by atoms with Gasteiger partial charge in [0.05, 0.1) is 22.4 Å². The van der Waals surface area contributed by atoms with Crippen LogP contribution in [0.1, 0.15) is 45.7 Å². The summed E-state index contributed by atoms with van der Waals surface area (Å²) in [6.07, 6.45) is 5.22. The average molecular weight is 780 g/mol. The molecule has 0 unspecified atom stereocenters. The molecular formula is C41H37IrN3O-2. The van der Waals surface area contributed by atoms with Gasteiger partial charge < -0.3 is 14.0 Å². The van der Waals surface area contributed by atoms with Crippen LogP contribution in [0.25, 0.3) is 61.7 Å². The molecule has 46 heavy (non-hydrogen) atoms. The van der Waals surface area contributed by atoms with Crippen LogP contribution in [0.5, 0.6) is 0 Å².